The summed E-state index contributed by atoms with van der Waals surface area (Å²) in [6.45, 7) is 0.742. The number of carbonyl (C=O) groups is 2. The molecule has 1 saturated heterocycles. The van der Waals surface area contributed by atoms with Gasteiger partial charge in [-0.15, -0.1) is 11.3 Å². The van der Waals surface area contributed by atoms with E-state index in [1.54, 1.807) is 28.4 Å². The number of aromatic nitrogens is 2. The molecule has 6 nitrogen and oxygen atoms in total. The Morgan fingerprint density at radius 1 is 1.03 bits per heavy atom. The van der Waals surface area contributed by atoms with Gasteiger partial charge < -0.3 is 10.2 Å². The van der Waals surface area contributed by atoms with Crippen molar-refractivity contribution in [2.24, 2.45) is 0 Å². The zero-order valence-electron chi connectivity index (χ0n) is 16.2. The van der Waals surface area contributed by atoms with E-state index in [9.17, 15) is 9.59 Å². The fourth-order valence-electron chi connectivity index (χ4n) is 3.67. The topological polar surface area (TPSA) is 66.7 Å². The summed E-state index contributed by atoms with van der Waals surface area (Å²) in [6, 6.07) is 14.9. The van der Waals surface area contributed by atoms with Crippen LogP contribution in [0.15, 0.2) is 66.3 Å². The second-order valence-corrected chi connectivity index (χ2v) is 8.17. The number of rotatable bonds is 4. The van der Waals surface area contributed by atoms with Gasteiger partial charge in [0.05, 0.1) is 5.69 Å². The molecule has 2 aromatic heterocycles. The summed E-state index contributed by atoms with van der Waals surface area (Å²) in [5, 5.41) is 4.92. The van der Waals surface area contributed by atoms with Gasteiger partial charge in [-0.25, -0.2) is 4.98 Å². The van der Waals surface area contributed by atoms with Crippen molar-refractivity contribution in [3.05, 3.63) is 71.9 Å². The third-order valence-corrected chi connectivity index (χ3v) is 6.07. The lowest BCUT2D eigenvalue weighted by atomic mass is 10.1. The molecule has 0 unspecified atom stereocenters. The fraction of sp³-hybridized carbons (Fsp3) is 0.174. The predicted molar refractivity (Wildman–Crippen MR) is 119 cm³/mol. The normalized spacial score (nSPS) is 14.3. The maximum atomic E-state index is 12.6. The van der Waals surface area contributed by atoms with Crippen LogP contribution in [-0.2, 0) is 4.79 Å². The van der Waals surface area contributed by atoms with Crippen LogP contribution in [0.5, 0.6) is 0 Å². The average molecular weight is 417 g/mol. The number of benzene rings is 2. The number of anilines is 2. The van der Waals surface area contributed by atoms with Crippen molar-refractivity contribution >= 4 is 39.5 Å². The first-order valence-corrected chi connectivity index (χ1v) is 10.8. The molecule has 2 aromatic carbocycles. The summed E-state index contributed by atoms with van der Waals surface area (Å²) in [6.07, 6.45) is 6.54. The van der Waals surface area contributed by atoms with Crippen molar-refractivity contribution in [1.29, 1.82) is 0 Å². The minimum atomic E-state index is -0.179. The monoisotopic (exact) mass is 416 g/mol. The highest BCUT2D eigenvalue weighted by Crippen LogP contribution is 2.24. The molecule has 0 saturated carbocycles. The summed E-state index contributed by atoms with van der Waals surface area (Å²) in [4.78, 5) is 32.0. The largest absolute Gasteiger partial charge is 0.322 e. The Bertz CT molecular complexity index is 1180. The first-order chi connectivity index (χ1) is 14.7. The van der Waals surface area contributed by atoms with Crippen molar-refractivity contribution in [3.8, 4) is 11.3 Å². The van der Waals surface area contributed by atoms with Crippen LogP contribution >= 0.6 is 11.3 Å². The summed E-state index contributed by atoms with van der Waals surface area (Å²) in [7, 11) is 0. The SMILES string of the molecule is O=C(Nc1ccc(-c2cn3ccsc3n2)cc1)c1ccc(N2CCCCC2=O)cc1. The number of hydrogen-bond donors (Lipinski definition) is 1. The number of nitrogens with zero attached hydrogens (tertiary/aromatic N) is 3. The highest BCUT2D eigenvalue weighted by atomic mass is 32.1. The second kappa shape index (κ2) is 7.76. The zero-order chi connectivity index (χ0) is 20.5. The minimum Gasteiger partial charge on any atom is -0.322 e. The van der Waals surface area contributed by atoms with Crippen LogP contribution in [-0.4, -0.2) is 27.7 Å². The molecule has 1 N–H and O–H groups in total. The van der Waals surface area contributed by atoms with Crippen molar-refractivity contribution in [1.82, 2.24) is 9.38 Å². The second-order valence-electron chi connectivity index (χ2n) is 7.30. The predicted octanol–water partition coefficient (Wildman–Crippen LogP) is 4.83. The lowest BCUT2D eigenvalue weighted by Crippen LogP contribution is -2.35. The van der Waals surface area contributed by atoms with Crippen molar-refractivity contribution in [2.75, 3.05) is 16.8 Å². The van der Waals surface area contributed by atoms with Crippen LogP contribution in [0, 0.1) is 0 Å². The zero-order valence-corrected chi connectivity index (χ0v) is 17.1. The molecule has 150 valence electrons. The number of fused-ring (bicyclic) bond motifs is 1. The fourth-order valence-corrected chi connectivity index (χ4v) is 4.37. The van der Waals surface area contributed by atoms with E-state index in [4.69, 9.17) is 0 Å². The van der Waals surface area contributed by atoms with Crippen LogP contribution in [0.2, 0.25) is 0 Å². The number of carbonyl (C=O) groups excluding carboxylic acids is 2. The smallest absolute Gasteiger partial charge is 0.255 e. The number of thiazole rings is 1. The minimum absolute atomic E-state index is 0.149. The van der Waals surface area contributed by atoms with E-state index < -0.39 is 0 Å². The Kier molecular flexibility index (Phi) is 4.80. The molecule has 5 rings (SSSR count). The molecule has 7 heteroatoms. The van der Waals surface area contributed by atoms with Gasteiger partial charge in [0.25, 0.3) is 5.91 Å². The van der Waals surface area contributed by atoms with E-state index in [2.05, 4.69) is 10.3 Å². The Morgan fingerprint density at radius 3 is 2.57 bits per heavy atom. The first-order valence-electron chi connectivity index (χ1n) is 9.92. The molecule has 3 heterocycles. The van der Waals surface area contributed by atoms with Gasteiger partial charge in [0.1, 0.15) is 0 Å². The number of imidazole rings is 1. The van der Waals surface area contributed by atoms with Gasteiger partial charge >= 0.3 is 0 Å². The van der Waals surface area contributed by atoms with E-state index in [0.29, 0.717) is 12.0 Å². The first kappa shape index (κ1) is 18.6. The van der Waals surface area contributed by atoms with Crippen LogP contribution in [0.4, 0.5) is 11.4 Å². The van der Waals surface area contributed by atoms with E-state index >= 15 is 0 Å². The Balaban J connectivity index is 1.26. The van der Waals surface area contributed by atoms with Gasteiger partial charge in [-0.05, 0) is 49.2 Å². The molecular formula is C23H20N4O2S. The van der Waals surface area contributed by atoms with Crippen molar-refractivity contribution < 1.29 is 9.59 Å². The number of piperidine rings is 1. The van der Waals surface area contributed by atoms with Gasteiger partial charge in [0.15, 0.2) is 4.96 Å². The highest BCUT2D eigenvalue weighted by Gasteiger charge is 2.19. The van der Waals surface area contributed by atoms with Crippen LogP contribution in [0.3, 0.4) is 0 Å². The molecule has 0 radical (unpaired) electrons. The van der Waals surface area contributed by atoms with Crippen LogP contribution in [0.25, 0.3) is 16.2 Å². The summed E-state index contributed by atoms with van der Waals surface area (Å²) in [5.74, 6) is -0.0297. The molecule has 1 aliphatic heterocycles. The van der Waals surface area contributed by atoms with E-state index in [1.165, 1.54) is 0 Å². The van der Waals surface area contributed by atoms with Gasteiger partial charge in [-0.2, -0.15) is 0 Å². The van der Waals surface area contributed by atoms with E-state index in [1.807, 2.05) is 58.6 Å². The number of amides is 2. The summed E-state index contributed by atoms with van der Waals surface area (Å²) >= 11 is 1.60. The standard InChI is InChI=1S/C23H20N4O2S/c28-21-3-1-2-12-27(21)19-10-6-17(7-11-19)22(29)24-18-8-4-16(5-9-18)20-15-26-13-14-30-23(26)25-20/h4-11,13-15H,1-3,12H2,(H,24,29). The molecule has 0 bridgehead atoms. The molecular weight excluding hydrogens is 396 g/mol. The average Bonchev–Trinajstić information content (AvgIpc) is 3.37. The van der Waals surface area contributed by atoms with Gasteiger partial charge in [-0.3, -0.25) is 14.0 Å². The summed E-state index contributed by atoms with van der Waals surface area (Å²) < 4.78 is 2.00. The van der Waals surface area contributed by atoms with Crippen LogP contribution in [0.1, 0.15) is 29.6 Å². The molecule has 0 aliphatic carbocycles. The Morgan fingerprint density at radius 2 is 1.83 bits per heavy atom. The Labute approximate surface area is 177 Å². The van der Waals surface area contributed by atoms with Crippen LogP contribution < -0.4 is 10.2 Å². The third-order valence-electron chi connectivity index (χ3n) is 5.30. The molecule has 2 amide bonds. The Hall–Kier alpha value is -3.45. The van der Waals surface area contributed by atoms with E-state index in [-0.39, 0.29) is 11.8 Å². The number of hydrogen-bond acceptors (Lipinski definition) is 4. The molecule has 4 aromatic rings. The molecule has 0 spiro atoms. The lowest BCUT2D eigenvalue weighted by Gasteiger charge is -2.26. The quantitative estimate of drug-likeness (QED) is 0.518. The van der Waals surface area contributed by atoms with Crippen molar-refractivity contribution in [2.45, 2.75) is 19.3 Å². The lowest BCUT2D eigenvalue weighted by molar-refractivity contribution is -0.119. The molecule has 1 aliphatic rings. The van der Waals surface area contributed by atoms with Crippen molar-refractivity contribution in [3.63, 3.8) is 0 Å². The maximum absolute atomic E-state index is 12.6. The van der Waals surface area contributed by atoms with Gasteiger partial charge in [0, 0.05) is 53.2 Å². The summed E-state index contributed by atoms with van der Waals surface area (Å²) in [5.41, 5.74) is 4.03. The molecule has 1 fully saturated rings. The molecule has 30 heavy (non-hydrogen) atoms. The maximum Gasteiger partial charge on any atom is 0.255 e. The van der Waals surface area contributed by atoms with E-state index in [0.717, 1.165) is 47.0 Å². The molecule has 0 atom stereocenters. The number of nitrogens with one attached hydrogen (secondary N) is 1. The third kappa shape index (κ3) is 3.59. The highest BCUT2D eigenvalue weighted by molar-refractivity contribution is 7.15. The van der Waals surface area contributed by atoms with Gasteiger partial charge in [0.2, 0.25) is 5.91 Å². The van der Waals surface area contributed by atoms with Gasteiger partial charge in [-0.1, -0.05) is 12.1 Å².